The molecule has 1 amide bonds. The van der Waals surface area contributed by atoms with Gasteiger partial charge in [0.15, 0.2) is 0 Å². The monoisotopic (exact) mass is 240 g/mol. The minimum absolute atomic E-state index is 0.00114. The van der Waals surface area contributed by atoms with Crippen molar-refractivity contribution >= 4 is 11.6 Å². The maximum absolute atomic E-state index is 11.4. The Hall–Kier alpha value is -1.56. The molecule has 0 aromatic carbocycles. The molecule has 0 saturated carbocycles. The SMILES string of the molecule is CCCOCCC(=O)NCCn1cc(N)cn1. The number of rotatable bonds is 8. The molecule has 0 saturated heterocycles. The van der Waals surface area contributed by atoms with E-state index in [1.807, 2.05) is 6.92 Å². The molecule has 1 aromatic heterocycles. The van der Waals surface area contributed by atoms with Crippen molar-refractivity contribution in [1.82, 2.24) is 15.1 Å². The van der Waals surface area contributed by atoms with E-state index in [0.29, 0.717) is 38.4 Å². The quantitative estimate of drug-likeness (QED) is 0.644. The van der Waals surface area contributed by atoms with Gasteiger partial charge in [-0.2, -0.15) is 5.10 Å². The number of hydrogen-bond donors (Lipinski definition) is 2. The number of amides is 1. The van der Waals surface area contributed by atoms with Crippen LogP contribution in [0.2, 0.25) is 0 Å². The molecule has 6 nitrogen and oxygen atoms in total. The molecule has 0 unspecified atom stereocenters. The van der Waals surface area contributed by atoms with E-state index in [0.717, 1.165) is 6.42 Å². The topological polar surface area (TPSA) is 82.2 Å². The number of nitrogens with two attached hydrogens (primary N) is 1. The zero-order chi connectivity index (χ0) is 12.5. The van der Waals surface area contributed by atoms with Crippen molar-refractivity contribution in [2.75, 3.05) is 25.5 Å². The lowest BCUT2D eigenvalue weighted by atomic mass is 10.4. The van der Waals surface area contributed by atoms with Gasteiger partial charge in [-0.05, 0) is 6.42 Å². The third-order valence-corrected chi connectivity index (χ3v) is 2.14. The van der Waals surface area contributed by atoms with Crippen molar-refractivity contribution in [1.29, 1.82) is 0 Å². The van der Waals surface area contributed by atoms with Crippen LogP contribution in [0.5, 0.6) is 0 Å². The van der Waals surface area contributed by atoms with Crippen molar-refractivity contribution in [2.24, 2.45) is 0 Å². The summed E-state index contributed by atoms with van der Waals surface area (Å²) in [5.74, 6) is 0.00114. The molecule has 0 aliphatic rings. The number of anilines is 1. The Morgan fingerprint density at radius 1 is 1.59 bits per heavy atom. The number of carbonyl (C=O) groups excluding carboxylic acids is 1. The van der Waals surface area contributed by atoms with E-state index in [4.69, 9.17) is 10.5 Å². The lowest BCUT2D eigenvalue weighted by Crippen LogP contribution is -2.28. The second kappa shape index (κ2) is 7.67. The Kier molecular flexibility index (Phi) is 6.09. The molecule has 17 heavy (non-hydrogen) atoms. The molecule has 1 rings (SSSR count). The predicted molar refractivity (Wildman–Crippen MR) is 65.4 cm³/mol. The van der Waals surface area contributed by atoms with Crippen LogP contribution in [0, 0.1) is 0 Å². The third-order valence-electron chi connectivity index (χ3n) is 2.14. The van der Waals surface area contributed by atoms with Gasteiger partial charge in [-0.25, -0.2) is 0 Å². The highest BCUT2D eigenvalue weighted by atomic mass is 16.5. The van der Waals surface area contributed by atoms with Gasteiger partial charge < -0.3 is 15.8 Å². The van der Waals surface area contributed by atoms with Gasteiger partial charge in [0, 0.05) is 25.8 Å². The lowest BCUT2D eigenvalue weighted by molar-refractivity contribution is -0.122. The molecule has 0 atom stereocenters. The number of nitrogens with zero attached hydrogens (tertiary/aromatic N) is 2. The second-order valence-electron chi connectivity index (χ2n) is 3.75. The molecule has 0 aliphatic carbocycles. The van der Waals surface area contributed by atoms with Crippen LogP contribution in [-0.2, 0) is 16.1 Å². The average Bonchev–Trinajstić information content (AvgIpc) is 2.71. The van der Waals surface area contributed by atoms with Gasteiger partial charge in [-0.15, -0.1) is 0 Å². The van der Waals surface area contributed by atoms with Crippen LogP contribution in [0.1, 0.15) is 19.8 Å². The Morgan fingerprint density at radius 3 is 3.06 bits per heavy atom. The second-order valence-corrected chi connectivity index (χ2v) is 3.75. The van der Waals surface area contributed by atoms with Crippen molar-refractivity contribution < 1.29 is 9.53 Å². The molecular formula is C11H20N4O2. The van der Waals surface area contributed by atoms with Crippen LogP contribution in [0.3, 0.4) is 0 Å². The number of nitrogens with one attached hydrogen (secondary N) is 1. The fraction of sp³-hybridized carbons (Fsp3) is 0.636. The molecule has 1 heterocycles. The molecule has 3 N–H and O–H groups in total. The van der Waals surface area contributed by atoms with Crippen LogP contribution in [-0.4, -0.2) is 35.4 Å². The number of hydrogen-bond acceptors (Lipinski definition) is 4. The van der Waals surface area contributed by atoms with E-state index in [1.54, 1.807) is 17.1 Å². The lowest BCUT2D eigenvalue weighted by Gasteiger charge is -2.05. The zero-order valence-corrected chi connectivity index (χ0v) is 10.2. The Labute approximate surface area is 101 Å². The zero-order valence-electron chi connectivity index (χ0n) is 10.2. The average molecular weight is 240 g/mol. The summed E-state index contributed by atoms with van der Waals surface area (Å²) in [5, 5.41) is 6.81. The molecular weight excluding hydrogens is 220 g/mol. The molecule has 96 valence electrons. The molecule has 1 aromatic rings. The maximum Gasteiger partial charge on any atom is 0.222 e. The largest absolute Gasteiger partial charge is 0.396 e. The van der Waals surface area contributed by atoms with E-state index in [1.165, 1.54) is 0 Å². The molecule has 0 bridgehead atoms. The van der Waals surface area contributed by atoms with E-state index >= 15 is 0 Å². The predicted octanol–water partition coefficient (Wildman–Crippen LogP) is 0.398. The molecule has 0 fully saturated rings. The van der Waals surface area contributed by atoms with Gasteiger partial charge in [0.25, 0.3) is 0 Å². The summed E-state index contributed by atoms with van der Waals surface area (Å²) in [6.07, 6.45) is 4.69. The van der Waals surface area contributed by atoms with Crippen molar-refractivity contribution in [3.05, 3.63) is 12.4 Å². The Morgan fingerprint density at radius 2 is 2.41 bits per heavy atom. The fourth-order valence-electron chi connectivity index (χ4n) is 1.31. The first-order valence-electron chi connectivity index (χ1n) is 5.84. The smallest absolute Gasteiger partial charge is 0.222 e. The first kappa shape index (κ1) is 13.5. The van der Waals surface area contributed by atoms with Gasteiger partial charge in [-0.1, -0.05) is 6.92 Å². The number of ether oxygens (including phenoxy) is 1. The standard InChI is InChI=1S/C11H20N4O2/c1-2-6-17-7-3-11(16)13-4-5-15-9-10(12)8-14-15/h8-9H,2-7,12H2,1H3,(H,13,16). The van der Waals surface area contributed by atoms with Gasteiger partial charge in [0.1, 0.15) is 0 Å². The highest BCUT2D eigenvalue weighted by molar-refractivity contribution is 5.75. The summed E-state index contributed by atoms with van der Waals surface area (Å²) in [6, 6.07) is 0. The molecule has 0 aliphatic heterocycles. The summed E-state index contributed by atoms with van der Waals surface area (Å²) in [7, 11) is 0. The van der Waals surface area contributed by atoms with Crippen molar-refractivity contribution in [3.8, 4) is 0 Å². The van der Waals surface area contributed by atoms with Crippen molar-refractivity contribution in [3.63, 3.8) is 0 Å². The normalized spacial score (nSPS) is 10.4. The Balaban J connectivity index is 2.04. The minimum atomic E-state index is 0.00114. The number of carbonyl (C=O) groups is 1. The minimum Gasteiger partial charge on any atom is -0.396 e. The summed E-state index contributed by atoms with van der Waals surface area (Å²) < 4.78 is 6.92. The van der Waals surface area contributed by atoms with E-state index in [9.17, 15) is 4.79 Å². The van der Waals surface area contributed by atoms with E-state index in [2.05, 4.69) is 10.4 Å². The molecule has 6 heteroatoms. The van der Waals surface area contributed by atoms with Crippen LogP contribution < -0.4 is 11.1 Å². The van der Waals surface area contributed by atoms with Gasteiger partial charge in [0.05, 0.1) is 25.0 Å². The number of nitrogen functional groups attached to an aromatic ring is 1. The fourth-order valence-corrected chi connectivity index (χ4v) is 1.31. The Bertz CT molecular complexity index is 338. The molecule has 0 radical (unpaired) electrons. The first-order chi connectivity index (χ1) is 8.22. The molecule has 0 spiro atoms. The highest BCUT2D eigenvalue weighted by Crippen LogP contribution is 1.96. The van der Waals surface area contributed by atoms with Crippen LogP contribution in [0.25, 0.3) is 0 Å². The van der Waals surface area contributed by atoms with Crippen molar-refractivity contribution in [2.45, 2.75) is 26.3 Å². The van der Waals surface area contributed by atoms with Crippen LogP contribution in [0.15, 0.2) is 12.4 Å². The highest BCUT2D eigenvalue weighted by Gasteiger charge is 2.00. The third kappa shape index (κ3) is 5.91. The van der Waals surface area contributed by atoms with E-state index in [-0.39, 0.29) is 5.91 Å². The summed E-state index contributed by atoms with van der Waals surface area (Å²) in [5.41, 5.74) is 6.15. The van der Waals surface area contributed by atoms with Gasteiger partial charge >= 0.3 is 0 Å². The van der Waals surface area contributed by atoms with Crippen LogP contribution >= 0.6 is 0 Å². The first-order valence-corrected chi connectivity index (χ1v) is 5.84. The van der Waals surface area contributed by atoms with Gasteiger partial charge in [0.2, 0.25) is 5.91 Å². The number of aromatic nitrogens is 2. The summed E-state index contributed by atoms with van der Waals surface area (Å²) in [6.45, 7) is 4.40. The summed E-state index contributed by atoms with van der Waals surface area (Å²) in [4.78, 5) is 11.4. The maximum atomic E-state index is 11.4. The van der Waals surface area contributed by atoms with Crippen LogP contribution in [0.4, 0.5) is 5.69 Å². The van der Waals surface area contributed by atoms with Gasteiger partial charge in [-0.3, -0.25) is 9.48 Å². The van der Waals surface area contributed by atoms with E-state index < -0.39 is 0 Å². The summed E-state index contributed by atoms with van der Waals surface area (Å²) >= 11 is 0.